The van der Waals surface area contributed by atoms with Crippen molar-refractivity contribution in [2.75, 3.05) is 44.6 Å². The number of aliphatic hydroxyl groups is 1. The lowest BCUT2D eigenvalue weighted by Gasteiger charge is -2.42. The summed E-state index contributed by atoms with van der Waals surface area (Å²) in [7, 11) is 0. The van der Waals surface area contributed by atoms with Crippen LogP contribution >= 0.6 is 0 Å². The summed E-state index contributed by atoms with van der Waals surface area (Å²) in [6.07, 6.45) is 1.65. The van der Waals surface area contributed by atoms with Crippen LogP contribution in [-0.2, 0) is 0 Å². The van der Waals surface area contributed by atoms with E-state index in [-0.39, 0.29) is 18.2 Å². The third-order valence-electron chi connectivity index (χ3n) is 4.91. The highest BCUT2D eigenvalue weighted by atomic mass is 16.3. The first-order valence-electron chi connectivity index (χ1n) is 9.00. The summed E-state index contributed by atoms with van der Waals surface area (Å²) in [6.45, 7) is 8.56. The number of anilines is 1. The number of hydrogen-bond donors (Lipinski definition) is 3. The van der Waals surface area contributed by atoms with Gasteiger partial charge in [-0.15, -0.1) is 0 Å². The van der Waals surface area contributed by atoms with Crippen LogP contribution < -0.4 is 11.2 Å². The quantitative estimate of drug-likeness (QED) is 0.279. The molecule has 1 aliphatic heterocycles. The molecule has 1 aliphatic rings. The molecular weight excluding hydrogens is 332 g/mol. The fraction of sp³-hybridized carbons (Fsp3) is 0.556. The number of hydrazine groups is 1. The third-order valence-corrected chi connectivity index (χ3v) is 4.91. The molecule has 144 valence electrons. The van der Waals surface area contributed by atoms with E-state index in [0.29, 0.717) is 19.6 Å². The third kappa shape index (κ3) is 5.17. The molecule has 0 saturated carbocycles. The highest BCUT2D eigenvalue weighted by molar-refractivity contribution is 5.73. The number of piperidine rings is 1. The van der Waals surface area contributed by atoms with Gasteiger partial charge in [0, 0.05) is 38.6 Å². The number of aliphatic hydroxyl groups excluding tert-OH is 1. The molecule has 1 aromatic rings. The molecule has 8 heteroatoms. The molecule has 1 fully saturated rings. The van der Waals surface area contributed by atoms with E-state index in [1.165, 1.54) is 5.01 Å². The smallest absolute Gasteiger partial charge is 0.354 e. The predicted octanol–water partition coefficient (Wildman–Crippen LogP) is 1.16. The van der Waals surface area contributed by atoms with Crippen molar-refractivity contribution in [2.24, 2.45) is 10.9 Å². The average molecular weight is 362 g/mol. The first-order chi connectivity index (χ1) is 12.5. The van der Waals surface area contributed by atoms with Crippen LogP contribution in [0.1, 0.15) is 19.8 Å². The summed E-state index contributed by atoms with van der Waals surface area (Å²) in [5.41, 5.74) is 0.713. The highest BCUT2D eigenvalue weighted by Crippen LogP contribution is 2.26. The van der Waals surface area contributed by atoms with Crippen LogP contribution in [0.3, 0.4) is 0 Å². The standard InChI is InChI=1S/C18H30N6O2/c1-3-23(19)17(26)24(20-2)14-13-22-11-9-18(15-25,10-12-22)21-16-7-5-4-6-8-16/h4-8,21,25H,2-3,9-15,19H2,1H3. The van der Waals surface area contributed by atoms with E-state index < -0.39 is 0 Å². The second kappa shape index (κ2) is 9.51. The number of benzene rings is 1. The summed E-state index contributed by atoms with van der Waals surface area (Å²) in [5.74, 6) is 5.63. The van der Waals surface area contributed by atoms with Gasteiger partial charge in [-0.3, -0.25) is 5.01 Å². The van der Waals surface area contributed by atoms with E-state index in [2.05, 4.69) is 22.0 Å². The number of carbonyl (C=O) groups excluding carboxylic acids is 1. The molecule has 0 aliphatic carbocycles. The van der Waals surface area contributed by atoms with Crippen molar-refractivity contribution in [3.8, 4) is 0 Å². The Balaban J connectivity index is 1.85. The van der Waals surface area contributed by atoms with Crippen LogP contribution in [0.4, 0.5) is 10.5 Å². The van der Waals surface area contributed by atoms with Crippen molar-refractivity contribution >= 4 is 18.4 Å². The minimum absolute atomic E-state index is 0.0905. The van der Waals surface area contributed by atoms with Crippen molar-refractivity contribution in [3.63, 3.8) is 0 Å². The molecule has 0 spiro atoms. The topological polar surface area (TPSA) is 97.4 Å². The second-order valence-corrected chi connectivity index (χ2v) is 6.60. The van der Waals surface area contributed by atoms with Gasteiger partial charge in [-0.1, -0.05) is 18.2 Å². The Labute approximate surface area is 155 Å². The van der Waals surface area contributed by atoms with E-state index in [1.54, 1.807) is 6.92 Å². The van der Waals surface area contributed by atoms with E-state index in [4.69, 9.17) is 5.84 Å². The van der Waals surface area contributed by atoms with Gasteiger partial charge >= 0.3 is 6.03 Å². The summed E-state index contributed by atoms with van der Waals surface area (Å²) < 4.78 is 0. The van der Waals surface area contributed by atoms with Crippen LogP contribution in [0.25, 0.3) is 0 Å². The normalized spacial score (nSPS) is 16.7. The maximum Gasteiger partial charge on any atom is 0.354 e. The van der Waals surface area contributed by atoms with Crippen LogP contribution in [0.15, 0.2) is 35.4 Å². The van der Waals surface area contributed by atoms with Crippen molar-refractivity contribution in [1.29, 1.82) is 0 Å². The van der Waals surface area contributed by atoms with Crippen molar-refractivity contribution in [2.45, 2.75) is 25.3 Å². The number of hydrazone groups is 1. The molecule has 2 rings (SSSR count). The number of rotatable bonds is 8. The highest BCUT2D eigenvalue weighted by Gasteiger charge is 2.34. The molecule has 0 radical (unpaired) electrons. The average Bonchev–Trinajstić information content (AvgIpc) is 2.69. The molecule has 4 N–H and O–H groups in total. The molecule has 1 heterocycles. The van der Waals surface area contributed by atoms with Crippen LogP contribution in [0, 0.1) is 0 Å². The summed E-state index contributed by atoms with van der Waals surface area (Å²) in [5, 5.41) is 19.6. The Morgan fingerprint density at radius 2 is 2.04 bits per heavy atom. The maximum atomic E-state index is 12.1. The zero-order valence-electron chi connectivity index (χ0n) is 15.5. The fourth-order valence-corrected chi connectivity index (χ4v) is 3.10. The summed E-state index contributed by atoms with van der Waals surface area (Å²) in [6, 6.07) is 9.60. The molecular formula is C18H30N6O2. The van der Waals surface area contributed by atoms with Gasteiger partial charge in [0.05, 0.1) is 18.7 Å². The van der Waals surface area contributed by atoms with Gasteiger partial charge < -0.3 is 15.3 Å². The Morgan fingerprint density at radius 1 is 1.38 bits per heavy atom. The van der Waals surface area contributed by atoms with E-state index in [0.717, 1.165) is 36.6 Å². The number of nitrogens with one attached hydrogen (secondary N) is 1. The Morgan fingerprint density at radius 3 is 2.58 bits per heavy atom. The van der Waals surface area contributed by atoms with Crippen LogP contribution in [0.2, 0.25) is 0 Å². The van der Waals surface area contributed by atoms with Crippen molar-refractivity contribution in [1.82, 2.24) is 14.9 Å². The molecule has 8 nitrogen and oxygen atoms in total. The molecule has 26 heavy (non-hydrogen) atoms. The van der Waals surface area contributed by atoms with E-state index in [1.807, 2.05) is 30.3 Å². The largest absolute Gasteiger partial charge is 0.394 e. The maximum absolute atomic E-state index is 12.1. The number of urea groups is 1. The Kier molecular flexibility index (Phi) is 7.38. The van der Waals surface area contributed by atoms with E-state index in [9.17, 15) is 9.90 Å². The first kappa shape index (κ1) is 20.2. The lowest BCUT2D eigenvalue weighted by Crippen LogP contribution is -2.53. The van der Waals surface area contributed by atoms with Gasteiger partial charge in [0.1, 0.15) is 0 Å². The number of nitrogens with zero attached hydrogens (tertiary/aromatic N) is 4. The lowest BCUT2D eigenvalue weighted by molar-refractivity contribution is 0.107. The molecule has 0 aromatic heterocycles. The number of carbonyl (C=O) groups is 1. The molecule has 2 amide bonds. The minimum Gasteiger partial charge on any atom is -0.394 e. The number of nitrogens with two attached hydrogens (primary N) is 1. The number of para-hydroxylation sites is 1. The zero-order valence-corrected chi connectivity index (χ0v) is 15.5. The molecule has 0 unspecified atom stereocenters. The number of hydrogen-bond acceptors (Lipinski definition) is 6. The Hall–Kier alpha value is -2.16. The Bertz CT molecular complexity index is 574. The lowest BCUT2D eigenvalue weighted by atomic mass is 9.88. The number of likely N-dealkylation sites (tertiary alicyclic amines) is 1. The second-order valence-electron chi connectivity index (χ2n) is 6.60. The monoisotopic (exact) mass is 362 g/mol. The molecule has 1 saturated heterocycles. The van der Waals surface area contributed by atoms with Gasteiger partial charge in [0.25, 0.3) is 0 Å². The van der Waals surface area contributed by atoms with Crippen molar-refractivity contribution < 1.29 is 9.90 Å². The predicted molar refractivity (Wildman–Crippen MR) is 104 cm³/mol. The molecule has 0 bridgehead atoms. The summed E-state index contributed by atoms with van der Waals surface area (Å²) in [4.78, 5) is 14.3. The van der Waals surface area contributed by atoms with Crippen LogP contribution in [0.5, 0.6) is 0 Å². The van der Waals surface area contributed by atoms with Crippen LogP contribution in [-0.4, -0.2) is 77.6 Å². The molecule has 0 atom stereocenters. The zero-order chi connectivity index (χ0) is 19.0. The van der Waals surface area contributed by atoms with Gasteiger partial charge in [-0.05, 0) is 31.9 Å². The fourth-order valence-electron chi connectivity index (χ4n) is 3.10. The van der Waals surface area contributed by atoms with Gasteiger partial charge in [-0.2, -0.15) is 5.10 Å². The SMILES string of the molecule is C=NN(CCN1CCC(CO)(Nc2ccccc2)CC1)C(=O)N(N)CC. The van der Waals surface area contributed by atoms with Gasteiger partial charge in [-0.25, -0.2) is 15.6 Å². The minimum atomic E-state index is -0.352. The van der Waals surface area contributed by atoms with Gasteiger partial charge in [0.15, 0.2) is 0 Å². The van der Waals surface area contributed by atoms with Crippen molar-refractivity contribution in [3.05, 3.63) is 30.3 Å². The number of amides is 2. The van der Waals surface area contributed by atoms with E-state index >= 15 is 0 Å². The summed E-state index contributed by atoms with van der Waals surface area (Å²) >= 11 is 0. The first-order valence-corrected chi connectivity index (χ1v) is 9.00. The van der Waals surface area contributed by atoms with Gasteiger partial charge in [0.2, 0.25) is 0 Å². The molecule has 1 aromatic carbocycles.